The van der Waals surface area contributed by atoms with Crippen LogP contribution < -0.4 is 4.74 Å². The number of ether oxygens (including phenoxy) is 1. The average Bonchev–Trinajstić information content (AvgIpc) is 2.72. The Hall–Kier alpha value is -2.82. The number of hydrogen-bond donors (Lipinski definition) is 1. The summed E-state index contributed by atoms with van der Waals surface area (Å²) >= 11 is 0. The summed E-state index contributed by atoms with van der Waals surface area (Å²) in [7, 11) is 0. The van der Waals surface area contributed by atoms with E-state index in [2.05, 4.69) is 0 Å². The van der Waals surface area contributed by atoms with Crippen molar-refractivity contribution < 1.29 is 19.4 Å². The van der Waals surface area contributed by atoms with Crippen LogP contribution in [0.1, 0.15) is 31.2 Å². The summed E-state index contributed by atoms with van der Waals surface area (Å²) in [6, 6.07) is 18.9. The Morgan fingerprint density at radius 1 is 0.963 bits per heavy atom. The van der Waals surface area contributed by atoms with Crippen molar-refractivity contribution in [3.05, 3.63) is 66.2 Å². The van der Waals surface area contributed by atoms with Crippen LogP contribution >= 0.6 is 0 Å². The molecule has 1 aliphatic rings. The van der Waals surface area contributed by atoms with E-state index in [0.717, 1.165) is 11.3 Å². The van der Waals surface area contributed by atoms with Crippen molar-refractivity contribution in [2.75, 3.05) is 19.7 Å². The van der Waals surface area contributed by atoms with Gasteiger partial charge in [-0.2, -0.15) is 0 Å². The molecule has 0 spiro atoms. The number of carbonyl (C=O) groups is 2. The third kappa shape index (κ3) is 4.48. The number of carboxylic acid groups (broad SMARTS) is 1. The van der Waals surface area contributed by atoms with Gasteiger partial charge in [-0.25, -0.2) is 0 Å². The fourth-order valence-corrected chi connectivity index (χ4v) is 3.61. The smallest absolute Gasteiger partial charge is 0.314 e. The summed E-state index contributed by atoms with van der Waals surface area (Å²) < 4.78 is 5.62. The van der Waals surface area contributed by atoms with E-state index in [-0.39, 0.29) is 5.91 Å². The Morgan fingerprint density at radius 3 is 2.15 bits per heavy atom. The Morgan fingerprint density at radius 2 is 1.56 bits per heavy atom. The van der Waals surface area contributed by atoms with Gasteiger partial charge in [-0.15, -0.1) is 0 Å². The molecule has 0 unspecified atom stereocenters. The lowest BCUT2D eigenvalue weighted by Crippen LogP contribution is -2.49. The number of aliphatic carboxylic acids is 1. The number of likely N-dealkylation sites (tertiary alicyclic amines) is 1. The highest BCUT2D eigenvalue weighted by Crippen LogP contribution is 2.36. The molecule has 0 aromatic heterocycles. The van der Waals surface area contributed by atoms with Crippen LogP contribution in [-0.4, -0.2) is 41.6 Å². The molecule has 1 N–H and O–H groups in total. The van der Waals surface area contributed by atoms with Crippen LogP contribution in [0.3, 0.4) is 0 Å². The van der Waals surface area contributed by atoms with Crippen LogP contribution in [0.2, 0.25) is 0 Å². The van der Waals surface area contributed by atoms with Gasteiger partial charge in [0.05, 0.1) is 12.0 Å². The van der Waals surface area contributed by atoms with E-state index in [1.165, 1.54) is 0 Å². The zero-order valence-electron chi connectivity index (χ0n) is 15.3. The van der Waals surface area contributed by atoms with Gasteiger partial charge in [0, 0.05) is 19.5 Å². The molecule has 0 radical (unpaired) electrons. The fraction of sp³-hybridized carbons (Fsp3) is 0.364. The van der Waals surface area contributed by atoms with Crippen molar-refractivity contribution in [2.24, 2.45) is 0 Å². The Kier molecular flexibility index (Phi) is 6.12. The van der Waals surface area contributed by atoms with E-state index in [4.69, 9.17) is 4.74 Å². The number of carboxylic acids is 1. The normalized spacial score (nSPS) is 15.9. The predicted octanol–water partition coefficient (Wildman–Crippen LogP) is 3.49. The van der Waals surface area contributed by atoms with Gasteiger partial charge in [0.2, 0.25) is 5.91 Å². The lowest BCUT2D eigenvalue weighted by atomic mass is 9.73. The first-order valence-corrected chi connectivity index (χ1v) is 9.36. The quantitative estimate of drug-likeness (QED) is 0.761. The molecule has 5 heteroatoms. The lowest BCUT2D eigenvalue weighted by Gasteiger charge is -2.39. The number of hydrogen-bond acceptors (Lipinski definition) is 3. The van der Waals surface area contributed by atoms with Crippen molar-refractivity contribution in [3.8, 4) is 5.75 Å². The molecule has 3 rings (SSSR count). The lowest BCUT2D eigenvalue weighted by molar-refractivity contribution is -0.148. The Bertz CT molecular complexity index is 752. The molecular formula is C22H25NO4. The maximum Gasteiger partial charge on any atom is 0.314 e. The zero-order valence-corrected chi connectivity index (χ0v) is 15.3. The second-order valence-corrected chi connectivity index (χ2v) is 6.90. The molecule has 0 bridgehead atoms. The molecule has 27 heavy (non-hydrogen) atoms. The van der Waals surface area contributed by atoms with Gasteiger partial charge < -0.3 is 14.7 Å². The van der Waals surface area contributed by atoms with E-state index >= 15 is 0 Å². The highest BCUT2D eigenvalue weighted by atomic mass is 16.5. The molecule has 1 amide bonds. The first-order chi connectivity index (χ1) is 13.1. The maximum absolute atomic E-state index is 12.4. The van der Waals surface area contributed by atoms with Gasteiger partial charge in [-0.3, -0.25) is 9.59 Å². The molecule has 2 aromatic rings. The summed E-state index contributed by atoms with van der Waals surface area (Å²) in [5.74, 6) is 0.0628. The van der Waals surface area contributed by atoms with Crippen molar-refractivity contribution in [2.45, 2.75) is 31.1 Å². The molecule has 0 aliphatic carbocycles. The monoisotopic (exact) mass is 367 g/mol. The average molecular weight is 367 g/mol. The molecule has 5 nitrogen and oxygen atoms in total. The summed E-state index contributed by atoms with van der Waals surface area (Å²) in [5, 5.41) is 9.83. The van der Waals surface area contributed by atoms with E-state index in [0.29, 0.717) is 45.4 Å². The first-order valence-electron chi connectivity index (χ1n) is 9.36. The number of carbonyl (C=O) groups excluding carboxylic acids is 1. The maximum atomic E-state index is 12.4. The molecule has 1 heterocycles. The van der Waals surface area contributed by atoms with E-state index in [1.807, 2.05) is 60.7 Å². The zero-order chi connectivity index (χ0) is 19.1. The standard InChI is InChI=1S/C22H25NO4/c24-20(12-7-17-27-19-10-5-2-6-11-19)23-15-13-22(14-16-23,21(25)26)18-8-3-1-4-9-18/h1-6,8-11H,7,12-17H2,(H,25,26). The minimum atomic E-state index is -0.894. The van der Waals surface area contributed by atoms with Gasteiger partial charge in [0.15, 0.2) is 0 Å². The number of nitrogens with zero attached hydrogens (tertiary/aromatic N) is 1. The minimum Gasteiger partial charge on any atom is -0.494 e. The molecular weight excluding hydrogens is 342 g/mol. The topological polar surface area (TPSA) is 66.8 Å². The second-order valence-electron chi connectivity index (χ2n) is 6.90. The molecule has 1 fully saturated rings. The van der Waals surface area contributed by atoms with Crippen molar-refractivity contribution in [3.63, 3.8) is 0 Å². The number of para-hydroxylation sites is 1. The van der Waals surface area contributed by atoms with Crippen molar-refractivity contribution >= 4 is 11.9 Å². The molecule has 2 aromatic carbocycles. The van der Waals surface area contributed by atoms with E-state index in [1.54, 1.807) is 4.90 Å². The van der Waals surface area contributed by atoms with Crippen molar-refractivity contribution in [1.29, 1.82) is 0 Å². The van der Waals surface area contributed by atoms with E-state index < -0.39 is 11.4 Å². The highest BCUT2D eigenvalue weighted by molar-refractivity contribution is 5.82. The van der Waals surface area contributed by atoms with Crippen LogP contribution in [0, 0.1) is 0 Å². The molecule has 0 atom stereocenters. The van der Waals surface area contributed by atoms with Crippen molar-refractivity contribution in [1.82, 2.24) is 4.90 Å². The van der Waals surface area contributed by atoms with Gasteiger partial charge in [-0.1, -0.05) is 48.5 Å². The number of benzene rings is 2. The van der Waals surface area contributed by atoms with Gasteiger partial charge in [0.1, 0.15) is 5.75 Å². The largest absolute Gasteiger partial charge is 0.494 e. The number of rotatable bonds is 7. The van der Waals surface area contributed by atoms with Crippen LogP contribution in [-0.2, 0) is 15.0 Å². The number of piperidine rings is 1. The summed E-state index contributed by atoms with van der Waals surface area (Å²) in [6.45, 7) is 1.44. The molecule has 1 saturated heterocycles. The number of amides is 1. The fourth-order valence-electron chi connectivity index (χ4n) is 3.61. The van der Waals surface area contributed by atoms with E-state index in [9.17, 15) is 14.7 Å². The minimum absolute atomic E-state index is 0.0683. The summed E-state index contributed by atoms with van der Waals surface area (Å²) in [6.07, 6.45) is 1.95. The first kappa shape index (κ1) is 19.0. The summed E-state index contributed by atoms with van der Waals surface area (Å²) in [4.78, 5) is 26.2. The van der Waals surface area contributed by atoms with Gasteiger partial charge in [-0.05, 0) is 37.0 Å². The molecule has 1 aliphatic heterocycles. The summed E-state index contributed by atoms with van der Waals surface area (Å²) in [5.41, 5.74) is -0.0741. The van der Waals surface area contributed by atoms with Crippen LogP contribution in [0.25, 0.3) is 0 Å². The SMILES string of the molecule is O=C(CCCOc1ccccc1)N1CCC(C(=O)O)(c2ccccc2)CC1. The Labute approximate surface area is 159 Å². The van der Waals surface area contributed by atoms with Crippen LogP contribution in [0.4, 0.5) is 0 Å². The van der Waals surface area contributed by atoms with Crippen LogP contribution in [0.15, 0.2) is 60.7 Å². The molecule has 142 valence electrons. The second kappa shape index (κ2) is 8.71. The third-order valence-corrected chi connectivity index (χ3v) is 5.25. The Balaban J connectivity index is 1.49. The van der Waals surface area contributed by atoms with Gasteiger partial charge >= 0.3 is 5.97 Å². The third-order valence-electron chi connectivity index (χ3n) is 5.25. The molecule has 0 saturated carbocycles. The van der Waals surface area contributed by atoms with Crippen LogP contribution in [0.5, 0.6) is 5.75 Å². The van der Waals surface area contributed by atoms with Gasteiger partial charge in [0.25, 0.3) is 0 Å². The predicted molar refractivity (Wildman–Crippen MR) is 103 cm³/mol. The highest BCUT2D eigenvalue weighted by Gasteiger charge is 2.43.